The Morgan fingerprint density at radius 1 is 1.13 bits per heavy atom. The van der Waals surface area contributed by atoms with E-state index in [1.165, 1.54) is 36.4 Å². The van der Waals surface area contributed by atoms with E-state index in [4.69, 9.17) is 4.84 Å². The Bertz CT molecular complexity index is 1090. The maximum atomic E-state index is 14.7. The molecular weight excluding hydrogens is 417 g/mol. The Morgan fingerprint density at radius 3 is 2.23 bits per heavy atom. The number of nitrogens with zero attached hydrogens (tertiary/aromatic N) is 2. The molecule has 1 fully saturated rings. The summed E-state index contributed by atoms with van der Waals surface area (Å²) in [5, 5.41) is 1.56. The van der Waals surface area contributed by atoms with Crippen molar-refractivity contribution in [1.29, 1.82) is 0 Å². The van der Waals surface area contributed by atoms with Gasteiger partial charge >= 0.3 is 0 Å². The van der Waals surface area contributed by atoms with Crippen molar-refractivity contribution in [3.05, 3.63) is 53.6 Å². The molecule has 0 N–H and O–H groups in total. The lowest BCUT2D eigenvalue weighted by Crippen LogP contribution is -2.61. The summed E-state index contributed by atoms with van der Waals surface area (Å²) < 4.78 is 69.2. The third kappa shape index (κ3) is 3.39. The molecule has 2 aromatic carbocycles. The second kappa shape index (κ2) is 7.39. The number of hydrogen-bond donors (Lipinski definition) is 0. The van der Waals surface area contributed by atoms with Crippen molar-refractivity contribution in [2.24, 2.45) is 5.16 Å². The molecule has 1 atom stereocenters. The Balaban J connectivity index is 1.62. The Kier molecular flexibility index (Phi) is 5.14. The minimum atomic E-state index is -4.20. The Labute approximate surface area is 173 Å². The van der Waals surface area contributed by atoms with Crippen LogP contribution in [-0.4, -0.2) is 50.3 Å². The lowest BCUT2D eigenvalue weighted by Gasteiger charge is -2.41. The fourth-order valence-corrected chi connectivity index (χ4v) is 5.47. The number of likely N-dealkylation sites (tertiary alicyclic amines) is 1. The van der Waals surface area contributed by atoms with Crippen molar-refractivity contribution in [3.63, 3.8) is 0 Å². The van der Waals surface area contributed by atoms with Crippen molar-refractivity contribution >= 4 is 15.5 Å². The molecule has 0 bridgehead atoms. The largest absolute Gasteiger partial charge is 0.392 e. The second-order valence-electron chi connectivity index (χ2n) is 7.78. The van der Waals surface area contributed by atoms with Crippen LogP contribution < -0.4 is 0 Å². The molecule has 0 saturated carbocycles. The maximum absolute atomic E-state index is 14.7. The van der Waals surface area contributed by atoms with Crippen molar-refractivity contribution in [2.45, 2.75) is 35.8 Å². The highest BCUT2D eigenvalue weighted by Gasteiger charge is 2.53. The number of rotatable bonds is 5. The Hall–Kier alpha value is -2.39. The van der Waals surface area contributed by atoms with Crippen LogP contribution in [-0.2, 0) is 14.7 Å². The number of alkyl halides is 1. The molecule has 0 amide bonds. The zero-order valence-electron chi connectivity index (χ0n) is 16.5. The molecule has 9 heteroatoms. The molecular formula is C21H21F3N2O3S. The zero-order chi connectivity index (χ0) is 21.7. The third-order valence-electron chi connectivity index (χ3n) is 5.51. The number of hydrogen-bond acceptors (Lipinski definition) is 5. The third-order valence-corrected chi connectivity index (χ3v) is 7.62. The number of oxime groups is 1. The molecule has 0 unspecified atom stereocenters. The summed E-state index contributed by atoms with van der Waals surface area (Å²) in [7, 11) is -2.58. The monoisotopic (exact) mass is 438 g/mol. The van der Waals surface area contributed by atoms with Gasteiger partial charge in [0.05, 0.1) is 16.2 Å². The van der Waals surface area contributed by atoms with Gasteiger partial charge in [0.1, 0.15) is 17.7 Å². The molecule has 0 aliphatic carbocycles. The van der Waals surface area contributed by atoms with Gasteiger partial charge in [-0.3, -0.25) is 4.90 Å². The van der Waals surface area contributed by atoms with Gasteiger partial charge in [0.25, 0.3) is 0 Å². The first-order chi connectivity index (χ1) is 14.1. The molecule has 1 saturated heterocycles. The fourth-order valence-electron chi connectivity index (χ4n) is 3.78. The highest BCUT2D eigenvalue weighted by molar-refractivity contribution is 7.92. The van der Waals surface area contributed by atoms with Gasteiger partial charge in [-0.1, -0.05) is 24.2 Å². The predicted molar refractivity (Wildman–Crippen MR) is 107 cm³/mol. The summed E-state index contributed by atoms with van der Waals surface area (Å²) in [4.78, 5) is 6.55. The van der Waals surface area contributed by atoms with Crippen molar-refractivity contribution in [1.82, 2.24) is 4.90 Å². The van der Waals surface area contributed by atoms with Crippen LogP contribution >= 0.6 is 0 Å². The Morgan fingerprint density at radius 2 is 1.73 bits per heavy atom. The van der Waals surface area contributed by atoms with E-state index in [0.717, 1.165) is 6.42 Å². The quantitative estimate of drug-likeness (QED) is 0.710. The lowest BCUT2D eigenvalue weighted by molar-refractivity contribution is 0.0528. The van der Waals surface area contributed by atoms with E-state index in [-0.39, 0.29) is 35.2 Å². The van der Waals surface area contributed by atoms with Crippen LogP contribution in [0.4, 0.5) is 13.2 Å². The first-order valence-electron chi connectivity index (χ1n) is 9.59. The van der Waals surface area contributed by atoms with Gasteiger partial charge in [-0.2, -0.15) is 0 Å². The number of benzene rings is 2. The van der Waals surface area contributed by atoms with Gasteiger partial charge in [0, 0.05) is 25.1 Å². The van der Waals surface area contributed by atoms with Crippen LogP contribution in [0.2, 0.25) is 0 Å². The maximum Gasteiger partial charge on any atom is 0.240 e. The van der Waals surface area contributed by atoms with E-state index < -0.39 is 26.5 Å². The molecule has 4 rings (SSSR count). The van der Waals surface area contributed by atoms with Crippen molar-refractivity contribution < 1.29 is 26.4 Å². The number of halogens is 3. The van der Waals surface area contributed by atoms with Gasteiger partial charge in [-0.05, 0) is 43.3 Å². The summed E-state index contributed by atoms with van der Waals surface area (Å²) >= 11 is 0. The van der Waals surface area contributed by atoms with Gasteiger partial charge < -0.3 is 4.84 Å². The van der Waals surface area contributed by atoms with Crippen molar-refractivity contribution in [2.75, 3.05) is 20.1 Å². The minimum absolute atomic E-state index is 0.102. The molecule has 2 aliphatic rings. The van der Waals surface area contributed by atoms with E-state index in [2.05, 4.69) is 5.16 Å². The molecule has 2 aliphatic heterocycles. The summed E-state index contributed by atoms with van der Waals surface area (Å²) in [6.07, 6.45) is 1.11. The van der Waals surface area contributed by atoms with Crippen LogP contribution in [0.1, 0.15) is 25.3 Å². The fraction of sp³-hybridized carbons (Fsp3) is 0.381. The number of sulfone groups is 1. The van der Waals surface area contributed by atoms with Gasteiger partial charge in [-0.25, -0.2) is 21.6 Å². The van der Waals surface area contributed by atoms with E-state index in [9.17, 15) is 21.6 Å². The minimum Gasteiger partial charge on any atom is -0.392 e. The molecule has 2 heterocycles. The normalized spacial score (nSPS) is 21.1. The van der Waals surface area contributed by atoms with Crippen LogP contribution in [0.3, 0.4) is 0 Å². The van der Waals surface area contributed by atoms with Gasteiger partial charge in [0.15, 0.2) is 0 Å². The standard InChI is InChI=1S/C21H21F3N2O3S/c1-3-15-10-19(25-29-15)14-8-17(22)20(18(23)9-14)13-4-6-16(7-5-13)30(27,28)21(24)11-26(2)12-21/h4-9,15H,3,10-12H2,1-2H3/t15-/m0/s1. The van der Waals surface area contributed by atoms with Gasteiger partial charge in [0.2, 0.25) is 14.8 Å². The van der Waals surface area contributed by atoms with E-state index >= 15 is 0 Å². The first kappa shape index (κ1) is 20.9. The van der Waals surface area contributed by atoms with Crippen LogP contribution in [0.15, 0.2) is 46.4 Å². The molecule has 0 spiro atoms. The van der Waals surface area contributed by atoms with E-state index in [1.54, 1.807) is 11.9 Å². The van der Waals surface area contributed by atoms with Crippen LogP contribution in [0, 0.1) is 11.6 Å². The average molecular weight is 438 g/mol. The highest BCUT2D eigenvalue weighted by Crippen LogP contribution is 2.36. The zero-order valence-corrected chi connectivity index (χ0v) is 17.3. The lowest BCUT2D eigenvalue weighted by atomic mass is 9.98. The predicted octanol–water partition coefficient (Wildman–Crippen LogP) is 3.92. The average Bonchev–Trinajstić information content (AvgIpc) is 3.16. The highest BCUT2D eigenvalue weighted by atomic mass is 32.2. The molecule has 160 valence electrons. The SMILES string of the molecule is CC[C@H]1CC(c2cc(F)c(-c3ccc(S(=O)(=O)C4(F)CN(C)C4)cc3)c(F)c2)=NO1. The summed E-state index contributed by atoms with van der Waals surface area (Å²) in [5.74, 6) is -1.60. The molecule has 2 aromatic rings. The summed E-state index contributed by atoms with van der Waals surface area (Å²) in [6, 6.07) is 7.29. The molecule has 0 radical (unpaired) electrons. The van der Waals surface area contributed by atoms with Crippen molar-refractivity contribution in [3.8, 4) is 11.1 Å². The van der Waals surface area contributed by atoms with Crippen LogP contribution in [0.25, 0.3) is 11.1 Å². The second-order valence-corrected chi connectivity index (χ2v) is 9.99. The summed E-state index contributed by atoms with van der Waals surface area (Å²) in [6.45, 7) is 1.51. The van der Waals surface area contributed by atoms with Crippen LogP contribution in [0.5, 0.6) is 0 Å². The summed E-state index contributed by atoms with van der Waals surface area (Å²) in [5.41, 5.74) is 0.654. The van der Waals surface area contributed by atoms with E-state index in [1.807, 2.05) is 6.92 Å². The first-order valence-corrected chi connectivity index (χ1v) is 11.1. The molecule has 30 heavy (non-hydrogen) atoms. The van der Waals surface area contributed by atoms with E-state index in [0.29, 0.717) is 17.7 Å². The smallest absolute Gasteiger partial charge is 0.240 e. The topological polar surface area (TPSA) is 59.0 Å². The van der Waals surface area contributed by atoms with Gasteiger partial charge in [-0.15, -0.1) is 0 Å². The molecule has 0 aromatic heterocycles. The molecule has 5 nitrogen and oxygen atoms in total.